The Bertz CT molecular complexity index is 506. The first-order valence-electron chi connectivity index (χ1n) is 6.08. The molecule has 1 atom stereocenters. The van der Waals surface area contributed by atoms with Crippen LogP contribution in [0.1, 0.15) is 26.2 Å². The van der Waals surface area contributed by atoms with Gasteiger partial charge in [-0.2, -0.15) is 0 Å². The molecule has 3 N–H and O–H groups in total. The average molecular weight is 406 g/mol. The van der Waals surface area contributed by atoms with Crippen molar-refractivity contribution in [2.24, 2.45) is 5.73 Å². The first-order chi connectivity index (χ1) is 8.92. The predicted molar refractivity (Wildman–Crippen MR) is 89.1 cm³/mol. The first-order valence-corrected chi connectivity index (χ1v) is 8.74. The van der Waals surface area contributed by atoms with E-state index in [0.29, 0.717) is 10.9 Å². The second-order valence-corrected chi connectivity index (χ2v) is 7.16. The van der Waals surface area contributed by atoms with Crippen LogP contribution in [-0.4, -0.2) is 21.0 Å². The minimum absolute atomic E-state index is 0. The molecule has 0 aromatic heterocycles. The van der Waals surface area contributed by atoms with Gasteiger partial charge in [-0.3, -0.25) is 0 Å². The summed E-state index contributed by atoms with van der Waals surface area (Å²) in [5.74, 6) is 0. The van der Waals surface area contributed by atoms with E-state index in [-0.39, 0.29) is 34.9 Å². The van der Waals surface area contributed by atoms with E-state index in [0.717, 1.165) is 12.8 Å². The minimum atomic E-state index is -3.67. The molecule has 0 aliphatic rings. The highest BCUT2D eigenvalue weighted by atomic mass is 79.9. The number of halogens is 3. The van der Waals surface area contributed by atoms with Crippen molar-refractivity contribution in [1.82, 2.24) is 4.72 Å². The molecular formula is C12H19BrCl2N2O2S. The van der Waals surface area contributed by atoms with Crippen LogP contribution in [0, 0.1) is 0 Å². The van der Waals surface area contributed by atoms with E-state index in [4.69, 9.17) is 17.3 Å². The lowest BCUT2D eigenvalue weighted by atomic mass is 10.1. The maximum absolute atomic E-state index is 12.3. The molecule has 0 fully saturated rings. The molecule has 4 nitrogen and oxygen atoms in total. The molecule has 1 unspecified atom stereocenters. The van der Waals surface area contributed by atoms with E-state index < -0.39 is 10.0 Å². The highest BCUT2D eigenvalue weighted by Gasteiger charge is 2.24. The average Bonchev–Trinajstić information content (AvgIpc) is 2.33. The fraction of sp³-hybridized carbons (Fsp3) is 0.500. The van der Waals surface area contributed by atoms with Gasteiger partial charge in [0.2, 0.25) is 10.0 Å². The number of hydrogen-bond acceptors (Lipinski definition) is 3. The molecule has 0 radical (unpaired) electrons. The summed E-state index contributed by atoms with van der Waals surface area (Å²) in [6, 6.07) is 4.60. The quantitative estimate of drug-likeness (QED) is 0.730. The number of rotatable bonds is 7. The van der Waals surface area contributed by atoms with Gasteiger partial charge in [0, 0.05) is 17.1 Å². The van der Waals surface area contributed by atoms with Crippen molar-refractivity contribution in [2.45, 2.75) is 37.1 Å². The van der Waals surface area contributed by atoms with E-state index in [9.17, 15) is 8.42 Å². The summed E-state index contributed by atoms with van der Waals surface area (Å²) >= 11 is 9.18. The second-order valence-electron chi connectivity index (χ2n) is 4.25. The maximum Gasteiger partial charge on any atom is 0.243 e. The fourth-order valence-corrected chi connectivity index (χ4v) is 4.71. The zero-order valence-electron chi connectivity index (χ0n) is 11.1. The van der Waals surface area contributed by atoms with Gasteiger partial charge in [0.15, 0.2) is 0 Å². The molecule has 0 spiro atoms. The smallest absolute Gasteiger partial charge is 0.243 e. The number of sulfonamides is 1. The van der Waals surface area contributed by atoms with E-state index in [1.807, 2.05) is 6.92 Å². The zero-order valence-corrected chi connectivity index (χ0v) is 15.1. The number of hydrogen-bond donors (Lipinski definition) is 2. The van der Waals surface area contributed by atoms with Gasteiger partial charge in [-0.05, 0) is 34.5 Å². The standard InChI is InChI=1S/C12H18BrClN2O2S.ClH/c1-2-3-5-9(8-15)16-19(17,18)12-10(13)6-4-7-11(12)14;/h4,6-7,9,16H,2-3,5,8,15H2,1H3;1H. The summed E-state index contributed by atoms with van der Waals surface area (Å²) in [6.45, 7) is 2.31. The van der Waals surface area contributed by atoms with Gasteiger partial charge in [-0.15, -0.1) is 12.4 Å². The zero-order chi connectivity index (χ0) is 14.5. The van der Waals surface area contributed by atoms with Crippen molar-refractivity contribution in [3.63, 3.8) is 0 Å². The summed E-state index contributed by atoms with van der Waals surface area (Å²) in [6.07, 6.45) is 2.64. The summed E-state index contributed by atoms with van der Waals surface area (Å²) < 4.78 is 27.7. The minimum Gasteiger partial charge on any atom is -0.329 e. The van der Waals surface area contributed by atoms with Crippen LogP contribution >= 0.6 is 39.9 Å². The summed E-state index contributed by atoms with van der Waals surface area (Å²) in [4.78, 5) is 0.0617. The number of benzene rings is 1. The molecule has 0 heterocycles. The van der Waals surface area contributed by atoms with Crippen LogP contribution in [0.4, 0.5) is 0 Å². The third kappa shape index (κ3) is 5.50. The lowest BCUT2D eigenvalue weighted by molar-refractivity contribution is 0.516. The highest BCUT2D eigenvalue weighted by Crippen LogP contribution is 2.29. The number of nitrogens with two attached hydrogens (primary N) is 1. The molecule has 1 rings (SSSR count). The van der Waals surface area contributed by atoms with Gasteiger partial charge in [0.1, 0.15) is 4.90 Å². The van der Waals surface area contributed by atoms with Crippen molar-refractivity contribution in [3.05, 3.63) is 27.7 Å². The van der Waals surface area contributed by atoms with Gasteiger partial charge in [-0.25, -0.2) is 13.1 Å². The fourth-order valence-electron chi connectivity index (χ4n) is 1.69. The van der Waals surface area contributed by atoms with Gasteiger partial charge in [-0.1, -0.05) is 37.4 Å². The predicted octanol–water partition coefficient (Wildman–Crippen LogP) is 3.32. The van der Waals surface area contributed by atoms with Crippen LogP contribution in [0.25, 0.3) is 0 Å². The van der Waals surface area contributed by atoms with Crippen molar-refractivity contribution in [2.75, 3.05) is 6.54 Å². The summed E-state index contributed by atoms with van der Waals surface area (Å²) in [5, 5.41) is 0.188. The van der Waals surface area contributed by atoms with Crippen LogP contribution in [0.2, 0.25) is 5.02 Å². The molecule has 116 valence electrons. The van der Waals surface area contributed by atoms with Crippen LogP contribution in [0.15, 0.2) is 27.6 Å². The molecule has 1 aromatic rings. The van der Waals surface area contributed by atoms with Crippen LogP contribution < -0.4 is 10.5 Å². The Kier molecular flexibility index (Phi) is 9.29. The molecule has 0 aliphatic carbocycles. The van der Waals surface area contributed by atoms with E-state index in [1.165, 1.54) is 0 Å². The van der Waals surface area contributed by atoms with Crippen molar-refractivity contribution in [3.8, 4) is 0 Å². The lowest BCUT2D eigenvalue weighted by Gasteiger charge is -2.17. The molecule has 0 bridgehead atoms. The Morgan fingerprint density at radius 2 is 2.10 bits per heavy atom. The Morgan fingerprint density at radius 1 is 1.45 bits per heavy atom. The third-order valence-electron chi connectivity index (χ3n) is 2.70. The third-order valence-corrected chi connectivity index (χ3v) is 5.67. The van der Waals surface area contributed by atoms with Gasteiger partial charge >= 0.3 is 0 Å². The van der Waals surface area contributed by atoms with Crippen molar-refractivity contribution in [1.29, 1.82) is 0 Å². The maximum atomic E-state index is 12.3. The van der Waals surface area contributed by atoms with Crippen molar-refractivity contribution < 1.29 is 8.42 Å². The number of nitrogens with one attached hydrogen (secondary N) is 1. The second kappa shape index (κ2) is 9.23. The highest BCUT2D eigenvalue weighted by molar-refractivity contribution is 9.10. The summed E-state index contributed by atoms with van der Waals surface area (Å²) in [5.41, 5.74) is 5.60. The molecule has 0 amide bonds. The Morgan fingerprint density at radius 3 is 2.60 bits per heavy atom. The largest absolute Gasteiger partial charge is 0.329 e. The molecule has 0 aliphatic heterocycles. The monoisotopic (exact) mass is 404 g/mol. The van der Waals surface area contributed by atoms with E-state index in [2.05, 4.69) is 20.7 Å². The topological polar surface area (TPSA) is 72.2 Å². The Labute approximate surface area is 140 Å². The van der Waals surface area contributed by atoms with Gasteiger partial charge < -0.3 is 5.73 Å². The van der Waals surface area contributed by atoms with Gasteiger partial charge in [0.05, 0.1) is 5.02 Å². The molecule has 0 saturated heterocycles. The van der Waals surface area contributed by atoms with Crippen LogP contribution in [0.5, 0.6) is 0 Å². The van der Waals surface area contributed by atoms with E-state index >= 15 is 0 Å². The lowest BCUT2D eigenvalue weighted by Crippen LogP contribution is -2.40. The van der Waals surface area contributed by atoms with Crippen LogP contribution in [0.3, 0.4) is 0 Å². The van der Waals surface area contributed by atoms with Gasteiger partial charge in [0.25, 0.3) is 0 Å². The first kappa shape index (κ1) is 20.1. The molecular weight excluding hydrogens is 387 g/mol. The summed E-state index contributed by atoms with van der Waals surface area (Å²) in [7, 11) is -3.67. The van der Waals surface area contributed by atoms with Crippen LogP contribution in [-0.2, 0) is 10.0 Å². The SMILES string of the molecule is CCCCC(CN)NS(=O)(=O)c1c(Cl)cccc1Br.Cl. The van der Waals surface area contributed by atoms with Crippen molar-refractivity contribution >= 4 is 50.0 Å². The molecule has 20 heavy (non-hydrogen) atoms. The normalized spacial score (nSPS) is 12.8. The molecule has 1 aromatic carbocycles. The molecule has 8 heteroatoms. The Balaban J connectivity index is 0.00000361. The Hall–Kier alpha value is 0.150. The van der Waals surface area contributed by atoms with E-state index in [1.54, 1.807) is 18.2 Å². The number of unbranched alkanes of at least 4 members (excludes halogenated alkanes) is 1. The molecule has 0 saturated carbocycles.